The average Bonchev–Trinajstić information content (AvgIpc) is 3.37. The highest BCUT2D eigenvalue weighted by Gasteiger charge is 2.32. The van der Waals surface area contributed by atoms with E-state index in [9.17, 15) is 9.18 Å². The summed E-state index contributed by atoms with van der Waals surface area (Å²) in [6.45, 7) is 4.99. The van der Waals surface area contributed by atoms with Crippen LogP contribution in [0.4, 0.5) is 4.39 Å². The number of hydrogen-bond donors (Lipinski definition) is 0. The lowest BCUT2D eigenvalue weighted by Gasteiger charge is -2.23. The van der Waals surface area contributed by atoms with Crippen molar-refractivity contribution in [2.75, 3.05) is 6.54 Å². The molecule has 1 fully saturated rings. The fourth-order valence-corrected chi connectivity index (χ4v) is 4.12. The number of halogens is 1. The molecule has 0 saturated heterocycles. The van der Waals surface area contributed by atoms with E-state index in [4.69, 9.17) is 14.3 Å². The molecule has 1 aliphatic rings. The predicted molar refractivity (Wildman–Crippen MR) is 130 cm³/mol. The van der Waals surface area contributed by atoms with Gasteiger partial charge in [-0.25, -0.2) is 9.07 Å². The largest absolute Gasteiger partial charge is 0.459 e. The Morgan fingerprint density at radius 1 is 1.11 bits per heavy atom. The Bertz CT molecular complexity index is 1290. The third-order valence-electron chi connectivity index (χ3n) is 6.10. The van der Waals surface area contributed by atoms with Gasteiger partial charge in [0.15, 0.2) is 17.3 Å². The topological polar surface area (TPSA) is 60.5 Å². The SMILES string of the molecule is CC(C)c1nn(-c2ccccc2)c(Oc2ccccc2F)c1CN(CC1CC1)C(=O)c1ccco1. The summed E-state index contributed by atoms with van der Waals surface area (Å²) in [5.74, 6) is 0.678. The number of carbonyl (C=O) groups is 1. The first-order chi connectivity index (χ1) is 17.0. The lowest BCUT2D eigenvalue weighted by Crippen LogP contribution is -2.32. The van der Waals surface area contributed by atoms with Gasteiger partial charge in [-0.15, -0.1) is 0 Å². The molecule has 2 aromatic carbocycles. The first kappa shape index (κ1) is 22.9. The number of para-hydroxylation sites is 2. The summed E-state index contributed by atoms with van der Waals surface area (Å²) in [5.41, 5.74) is 2.35. The van der Waals surface area contributed by atoms with E-state index >= 15 is 0 Å². The van der Waals surface area contributed by atoms with Crippen LogP contribution in [0.1, 0.15) is 54.4 Å². The molecule has 180 valence electrons. The molecule has 1 saturated carbocycles. The fraction of sp³-hybridized carbons (Fsp3) is 0.286. The number of amides is 1. The van der Waals surface area contributed by atoms with Crippen molar-refractivity contribution in [3.05, 3.63) is 95.8 Å². The quantitative estimate of drug-likeness (QED) is 0.276. The maximum absolute atomic E-state index is 14.6. The Labute approximate surface area is 203 Å². The molecule has 35 heavy (non-hydrogen) atoms. The maximum atomic E-state index is 14.6. The molecule has 1 amide bonds. The zero-order valence-corrected chi connectivity index (χ0v) is 19.9. The lowest BCUT2D eigenvalue weighted by atomic mass is 10.1. The number of carbonyl (C=O) groups excluding carboxylic acids is 1. The van der Waals surface area contributed by atoms with E-state index in [0.29, 0.717) is 24.1 Å². The molecule has 4 aromatic rings. The Hall–Kier alpha value is -3.87. The van der Waals surface area contributed by atoms with Crippen molar-refractivity contribution in [1.29, 1.82) is 0 Å². The standard InChI is InChI=1S/C28H28FN3O3/c1-19(2)26-22(18-31(17-20-14-15-20)27(33)25-13-8-16-34-25)28(35-24-12-7-6-11-23(24)29)32(30-26)21-9-4-3-5-10-21/h3-13,16,19-20H,14-15,17-18H2,1-2H3. The van der Waals surface area contributed by atoms with Crippen LogP contribution in [0.5, 0.6) is 11.6 Å². The second-order valence-electron chi connectivity index (χ2n) is 9.21. The van der Waals surface area contributed by atoms with Gasteiger partial charge in [-0.2, -0.15) is 5.10 Å². The first-order valence-corrected chi connectivity index (χ1v) is 11.9. The number of nitrogens with zero attached hydrogens (tertiary/aromatic N) is 3. The summed E-state index contributed by atoms with van der Waals surface area (Å²) in [4.78, 5) is 15.2. The second kappa shape index (κ2) is 9.78. The molecule has 0 N–H and O–H groups in total. The van der Waals surface area contributed by atoms with Crippen LogP contribution in [0.3, 0.4) is 0 Å². The van der Waals surface area contributed by atoms with E-state index in [1.165, 1.54) is 12.3 Å². The van der Waals surface area contributed by atoms with E-state index in [2.05, 4.69) is 0 Å². The smallest absolute Gasteiger partial charge is 0.289 e. The fourth-order valence-electron chi connectivity index (χ4n) is 4.12. The number of ether oxygens (including phenoxy) is 1. The molecule has 0 atom stereocenters. The van der Waals surface area contributed by atoms with Gasteiger partial charge in [0.25, 0.3) is 5.91 Å². The van der Waals surface area contributed by atoms with E-state index in [1.807, 2.05) is 44.2 Å². The van der Waals surface area contributed by atoms with Gasteiger partial charge in [-0.3, -0.25) is 4.79 Å². The highest BCUT2D eigenvalue weighted by Crippen LogP contribution is 2.37. The highest BCUT2D eigenvalue weighted by atomic mass is 19.1. The predicted octanol–water partition coefficient (Wildman–Crippen LogP) is 6.57. The van der Waals surface area contributed by atoms with Crippen LogP contribution >= 0.6 is 0 Å². The van der Waals surface area contributed by atoms with Crippen molar-refractivity contribution in [3.8, 4) is 17.3 Å². The molecule has 0 radical (unpaired) electrons. The van der Waals surface area contributed by atoms with Crippen LogP contribution in [-0.4, -0.2) is 27.1 Å². The molecule has 0 aliphatic heterocycles. The van der Waals surface area contributed by atoms with Crippen molar-refractivity contribution in [3.63, 3.8) is 0 Å². The Kier molecular flexibility index (Phi) is 6.40. The summed E-state index contributed by atoms with van der Waals surface area (Å²) in [6, 6.07) is 19.3. The number of benzene rings is 2. The van der Waals surface area contributed by atoms with Crippen LogP contribution in [-0.2, 0) is 6.54 Å². The molecule has 2 aromatic heterocycles. The van der Waals surface area contributed by atoms with Crippen LogP contribution in [0, 0.1) is 11.7 Å². The van der Waals surface area contributed by atoms with Crippen molar-refractivity contribution in [2.24, 2.45) is 5.92 Å². The van der Waals surface area contributed by atoms with E-state index < -0.39 is 5.82 Å². The van der Waals surface area contributed by atoms with Crippen LogP contribution < -0.4 is 4.74 Å². The van der Waals surface area contributed by atoms with Crippen LogP contribution in [0.15, 0.2) is 77.4 Å². The Balaban J connectivity index is 1.61. The average molecular weight is 474 g/mol. The minimum atomic E-state index is -0.466. The lowest BCUT2D eigenvalue weighted by molar-refractivity contribution is 0.0701. The number of aromatic nitrogens is 2. The van der Waals surface area contributed by atoms with Gasteiger partial charge in [-0.1, -0.05) is 44.2 Å². The van der Waals surface area contributed by atoms with Gasteiger partial charge in [0.2, 0.25) is 5.88 Å². The van der Waals surface area contributed by atoms with Gasteiger partial charge in [0.1, 0.15) is 0 Å². The molecule has 5 rings (SSSR count). The van der Waals surface area contributed by atoms with Crippen molar-refractivity contribution >= 4 is 5.91 Å². The van der Waals surface area contributed by atoms with E-state index in [1.54, 1.807) is 39.9 Å². The Morgan fingerprint density at radius 2 is 1.86 bits per heavy atom. The van der Waals surface area contributed by atoms with Gasteiger partial charge in [0, 0.05) is 6.54 Å². The molecule has 0 unspecified atom stereocenters. The Morgan fingerprint density at radius 3 is 2.51 bits per heavy atom. The van der Waals surface area contributed by atoms with E-state index in [0.717, 1.165) is 29.8 Å². The summed E-state index contributed by atoms with van der Waals surface area (Å²) in [7, 11) is 0. The summed E-state index contributed by atoms with van der Waals surface area (Å²) in [5, 5.41) is 4.88. The first-order valence-electron chi connectivity index (χ1n) is 11.9. The van der Waals surface area contributed by atoms with Gasteiger partial charge >= 0.3 is 0 Å². The molecular formula is C28H28FN3O3. The normalized spacial score (nSPS) is 13.3. The summed E-state index contributed by atoms with van der Waals surface area (Å²) in [6.07, 6.45) is 3.70. The molecule has 6 nitrogen and oxygen atoms in total. The third kappa shape index (κ3) is 4.99. The summed E-state index contributed by atoms with van der Waals surface area (Å²) < 4.78 is 28.0. The van der Waals surface area contributed by atoms with Crippen LogP contribution in [0.2, 0.25) is 0 Å². The monoisotopic (exact) mass is 473 g/mol. The molecule has 0 bridgehead atoms. The van der Waals surface area contributed by atoms with Crippen LogP contribution in [0.25, 0.3) is 5.69 Å². The van der Waals surface area contributed by atoms with Gasteiger partial charge < -0.3 is 14.1 Å². The number of furan rings is 1. The minimum Gasteiger partial charge on any atom is -0.459 e. The molecular weight excluding hydrogens is 445 g/mol. The van der Waals surface area contributed by atoms with Crippen molar-refractivity contribution in [1.82, 2.24) is 14.7 Å². The zero-order chi connectivity index (χ0) is 24.4. The van der Waals surface area contributed by atoms with Crippen molar-refractivity contribution < 1.29 is 18.3 Å². The molecule has 7 heteroatoms. The van der Waals surface area contributed by atoms with Gasteiger partial charge in [0.05, 0.1) is 29.8 Å². The number of hydrogen-bond acceptors (Lipinski definition) is 4. The second-order valence-corrected chi connectivity index (χ2v) is 9.21. The zero-order valence-electron chi connectivity index (χ0n) is 19.9. The maximum Gasteiger partial charge on any atom is 0.289 e. The molecule has 0 spiro atoms. The minimum absolute atomic E-state index is 0.0550. The molecule has 2 heterocycles. The van der Waals surface area contributed by atoms with Crippen molar-refractivity contribution in [2.45, 2.75) is 39.2 Å². The third-order valence-corrected chi connectivity index (χ3v) is 6.10. The van der Waals surface area contributed by atoms with Gasteiger partial charge in [-0.05, 0) is 61.1 Å². The summed E-state index contributed by atoms with van der Waals surface area (Å²) >= 11 is 0. The molecule has 1 aliphatic carbocycles. The highest BCUT2D eigenvalue weighted by molar-refractivity contribution is 5.91. The number of rotatable bonds is 9. The van der Waals surface area contributed by atoms with E-state index in [-0.39, 0.29) is 24.1 Å².